The molecule has 0 aliphatic carbocycles. The summed E-state index contributed by atoms with van der Waals surface area (Å²) in [5.41, 5.74) is 0. The van der Waals surface area contributed by atoms with Gasteiger partial charge in [-0.3, -0.25) is 0 Å². The fraction of sp³-hybridized carbons (Fsp3) is 1.00. The minimum atomic E-state index is -1.66. The van der Waals surface area contributed by atoms with Crippen LogP contribution in [0, 0.1) is 0 Å². The number of rotatable bonds is 8. The van der Waals surface area contributed by atoms with E-state index in [2.05, 4.69) is 25.7 Å². The van der Waals surface area contributed by atoms with Crippen LogP contribution in [0.15, 0.2) is 0 Å². The predicted molar refractivity (Wildman–Crippen MR) is 55.8 cm³/mol. The van der Waals surface area contributed by atoms with Gasteiger partial charge in [0.2, 0.25) is 0 Å². The Kier molecular flexibility index (Phi) is 9.24. The third-order valence-corrected chi connectivity index (χ3v) is 5.34. The molecule has 0 aliphatic rings. The van der Waals surface area contributed by atoms with Crippen LogP contribution in [0.1, 0.15) is 27.2 Å². The Morgan fingerprint density at radius 3 is 1.86 bits per heavy atom. The second-order valence-corrected chi connectivity index (χ2v) is 6.34. The van der Waals surface area contributed by atoms with Crippen molar-refractivity contribution in [3.05, 3.63) is 0 Å². The second-order valence-electron chi connectivity index (χ2n) is 3.27. The molecular weight excluding hydrogens is 214 g/mol. The molecule has 0 saturated carbocycles. The zero-order valence-electron chi connectivity index (χ0n) is 10.2. The third-order valence-electron chi connectivity index (χ3n) is 2.66. The Balaban J connectivity index is 4.10. The van der Waals surface area contributed by atoms with Crippen LogP contribution in [-0.2, 0) is 25.3 Å². The minimum absolute atomic E-state index is 0.639. The van der Waals surface area contributed by atoms with Crippen LogP contribution in [0.25, 0.3) is 0 Å². The molecule has 3 nitrogen and oxygen atoms in total. The third kappa shape index (κ3) is 4.90. The van der Waals surface area contributed by atoms with E-state index in [1.54, 1.807) is 14.2 Å². The van der Waals surface area contributed by atoms with E-state index in [9.17, 15) is 0 Å². The predicted octanol–water partition coefficient (Wildman–Crippen LogP) is 2.27. The van der Waals surface area contributed by atoms with E-state index >= 15 is 0 Å². The van der Waals surface area contributed by atoms with Crippen molar-refractivity contribution in [2.75, 3.05) is 27.3 Å². The van der Waals surface area contributed by atoms with Gasteiger partial charge in [0.05, 0.1) is 0 Å². The van der Waals surface area contributed by atoms with Crippen molar-refractivity contribution in [2.24, 2.45) is 0 Å². The molecule has 1 atom stereocenters. The summed E-state index contributed by atoms with van der Waals surface area (Å²) in [6.07, 6.45) is 1.19. The molecule has 4 heteroatoms. The number of hydrogen-bond acceptors (Lipinski definition) is 3. The van der Waals surface area contributed by atoms with Crippen molar-refractivity contribution < 1.29 is 25.3 Å². The van der Waals surface area contributed by atoms with Crippen molar-refractivity contribution >= 4 is 0 Å². The first-order valence-corrected chi connectivity index (χ1v) is 7.79. The zero-order chi connectivity index (χ0) is 11.0. The van der Waals surface area contributed by atoms with E-state index in [1.807, 2.05) is 0 Å². The van der Waals surface area contributed by atoms with Gasteiger partial charge in [0.1, 0.15) is 0 Å². The van der Waals surface area contributed by atoms with Gasteiger partial charge in [-0.15, -0.1) is 0 Å². The molecule has 0 radical (unpaired) electrons. The topological polar surface area (TPSA) is 21.7 Å². The van der Waals surface area contributed by atoms with Gasteiger partial charge < -0.3 is 0 Å². The van der Waals surface area contributed by atoms with Crippen molar-refractivity contribution in [2.45, 2.75) is 38.0 Å². The van der Waals surface area contributed by atoms with Gasteiger partial charge in [-0.25, -0.2) is 0 Å². The Labute approximate surface area is 95.5 Å². The molecule has 0 amide bonds. The first kappa shape index (κ1) is 14.6. The van der Waals surface area contributed by atoms with Gasteiger partial charge in [-0.1, -0.05) is 0 Å². The van der Waals surface area contributed by atoms with E-state index in [-0.39, 0.29) is 0 Å². The Morgan fingerprint density at radius 1 is 1.07 bits per heavy atom. The summed E-state index contributed by atoms with van der Waals surface area (Å²) in [6, 6.07) is 0.639. The molecule has 0 saturated heterocycles. The summed E-state index contributed by atoms with van der Waals surface area (Å²) < 4.78 is 11.9. The molecule has 0 aromatic heterocycles. The van der Waals surface area contributed by atoms with Crippen molar-refractivity contribution in [1.82, 2.24) is 4.90 Å². The maximum atomic E-state index is 5.39. The molecule has 0 rings (SSSR count). The average Bonchev–Trinajstić information content (AvgIpc) is 2.24. The molecule has 14 heavy (non-hydrogen) atoms. The molecule has 0 bridgehead atoms. The Hall–Kier alpha value is 0.594. The van der Waals surface area contributed by atoms with Crippen LogP contribution in [0.2, 0.25) is 4.73 Å². The molecule has 0 aliphatic heterocycles. The molecule has 0 heterocycles. The van der Waals surface area contributed by atoms with Crippen molar-refractivity contribution in [3.63, 3.8) is 0 Å². The summed E-state index contributed by atoms with van der Waals surface area (Å²) in [7, 11) is 3.54. The van der Waals surface area contributed by atoms with E-state index in [0.29, 0.717) is 6.04 Å². The van der Waals surface area contributed by atoms with E-state index in [0.717, 1.165) is 17.8 Å². The van der Waals surface area contributed by atoms with Crippen molar-refractivity contribution in [3.8, 4) is 0 Å². The van der Waals surface area contributed by atoms with Crippen LogP contribution in [-0.4, -0.2) is 38.3 Å². The number of nitrogens with zero attached hydrogens (tertiary/aromatic N) is 1. The fourth-order valence-electron chi connectivity index (χ4n) is 1.71. The standard InChI is InChI=1S/C8H18N.2CH3O.Ti/c1-5-8(4)9(6-2)7-3;2*1-2;/h8H,4-7H2,1-3H3;2*1H3;/q;2*-1;+2. The SMILES string of the molecule is CCC([CH2][Ti]([O]C)[O]C)N(CC)CC. The summed E-state index contributed by atoms with van der Waals surface area (Å²) in [6.45, 7) is 8.91. The van der Waals surface area contributed by atoms with Gasteiger partial charge in [0.15, 0.2) is 0 Å². The van der Waals surface area contributed by atoms with Crippen LogP contribution in [0.4, 0.5) is 0 Å². The van der Waals surface area contributed by atoms with Gasteiger partial charge in [0.25, 0.3) is 0 Å². The Morgan fingerprint density at radius 2 is 1.57 bits per heavy atom. The van der Waals surface area contributed by atoms with E-state index in [1.165, 1.54) is 6.42 Å². The second kappa shape index (κ2) is 8.87. The van der Waals surface area contributed by atoms with Crippen LogP contribution >= 0.6 is 0 Å². The summed E-state index contributed by atoms with van der Waals surface area (Å²) in [5.74, 6) is 0. The monoisotopic (exact) mass is 238 g/mol. The summed E-state index contributed by atoms with van der Waals surface area (Å²) >= 11 is -1.66. The summed E-state index contributed by atoms with van der Waals surface area (Å²) in [5, 5.41) is 0. The average molecular weight is 238 g/mol. The molecule has 0 aromatic rings. The van der Waals surface area contributed by atoms with Gasteiger partial charge in [-0.2, -0.15) is 0 Å². The normalized spacial score (nSPS) is 13.3. The maximum absolute atomic E-state index is 5.39. The Bertz CT molecular complexity index is 127. The fourth-order valence-corrected chi connectivity index (χ4v) is 3.95. The first-order valence-electron chi connectivity index (χ1n) is 5.41. The zero-order valence-corrected chi connectivity index (χ0v) is 11.7. The molecular formula is C10H24NO2Ti. The molecule has 0 aromatic carbocycles. The molecule has 0 spiro atoms. The van der Waals surface area contributed by atoms with E-state index in [4.69, 9.17) is 6.64 Å². The van der Waals surface area contributed by atoms with E-state index < -0.39 is 18.6 Å². The van der Waals surface area contributed by atoms with Crippen molar-refractivity contribution in [1.29, 1.82) is 0 Å². The molecule has 1 unspecified atom stereocenters. The number of hydrogen-bond donors (Lipinski definition) is 0. The van der Waals surface area contributed by atoms with Crippen LogP contribution < -0.4 is 0 Å². The van der Waals surface area contributed by atoms with Gasteiger partial charge in [0, 0.05) is 0 Å². The van der Waals surface area contributed by atoms with Gasteiger partial charge >= 0.3 is 95.5 Å². The quantitative estimate of drug-likeness (QED) is 0.605. The summed E-state index contributed by atoms with van der Waals surface area (Å²) in [4.78, 5) is 2.49. The van der Waals surface area contributed by atoms with Crippen LogP contribution in [0.5, 0.6) is 0 Å². The molecule has 0 fully saturated rings. The van der Waals surface area contributed by atoms with Gasteiger partial charge in [-0.05, 0) is 0 Å². The molecule has 85 valence electrons. The van der Waals surface area contributed by atoms with Crippen LogP contribution in [0.3, 0.4) is 0 Å². The molecule has 0 N–H and O–H groups in total. The first-order chi connectivity index (χ1) is 6.73.